The Kier molecular flexibility index (Phi) is 8.31. The predicted molar refractivity (Wildman–Crippen MR) is 98.8 cm³/mol. The van der Waals surface area contributed by atoms with E-state index in [9.17, 15) is 4.79 Å². The second-order valence-corrected chi connectivity index (χ2v) is 7.21. The van der Waals surface area contributed by atoms with Crippen LogP contribution in [-0.4, -0.2) is 13.1 Å². The van der Waals surface area contributed by atoms with Gasteiger partial charge in [0.15, 0.2) is 0 Å². The molecular formula is C21H33NO2. The van der Waals surface area contributed by atoms with E-state index < -0.39 is 0 Å². The molecule has 1 atom stereocenters. The molecule has 0 heterocycles. The number of methoxy groups -OCH3 is 1. The molecule has 0 radical (unpaired) electrons. The molecule has 2 rings (SSSR count). The van der Waals surface area contributed by atoms with Crippen LogP contribution in [0.1, 0.15) is 81.4 Å². The number of nitrogens with two attached hydrogens (primary N) is 1. The van der Waals surface area contributed by atoms with Crippen molar-refractivity contribution < 1.29 is 9.53 Å². The van der Waals surface area contributed by atoms with Gasteiger partial charge in [0.05, 0.1) is 7.11 Å². The summed E-state index contributed by atoms with van der Waals surface area (Å²) in [5.41, 5.74) is 8.85. The first kappa shape index (κ1) is 19.0. The number of rotatable bonds is 9. The van der Waals surface area contributed by atoms with E-state index in [1.807, 2.05) is 0 Å². The van der Waals surface area contributed by atoms with Crippen LogP contribution < -0.4 is 5.73 Å². The van der Waals surface area contributed by atoms with Crippen molar-refractivity contribution in [1.82, 2.24) is 0 Å². The van der Waals surface area contributed by atoms with Crippen molar-refractivity contribution in [3.05, 3.63) is 35.4 Å². The number of hydrogen-bond acceptors (Lipinski definition) is 3. The molecule has 0 aliphatic heterocycles. The van der Waals surface area contributed by atoms with E-state index in [-0.39, 0.29) is 12.0 Å². The van der Waals surface area contributed by atoms with Crippen LogP contribution in [0, 0.1) is 5.92 Å². The molecule has 0 bridgehead atoms. The van der Waals surface area contributed by atoms with Crippen LogP contribution in [0.4, 0.5) is 0 Å². The zero-order chi connectivity index (χ0) is 17.2. The van der Waals surface area contributed by atoms with E-state index in [4.69, 9.17) is 5.73 Å². The minimum absolute atomic E-state index is 0.133. The van der Waals surface area contributed by atoms with Crippen LogP contribution in [0.25, 0.3) is 0 Å². The van der Waals surface area contributed by atoms with Gasteiger partial charge in [0.2, 0.25) is 0 Å². The van der Waals surface area contributed by atoms with E-state index in [1.165, 1.54) is 63.2 Å². The van der Waals surface area contributed by atoms with Crippen LogP contribution in [0.15, 0.2) is 24.3 Å². The van der Waals surface area contributed by atoms with E-state index in [1.54, 1.807) is 0 Å². The van der Waals surface area contributed by atoms with Gasteiger partial charge in [-0.05, 0) is 36.3 Å². The summed E-state index contributed by atoms with van der Waals surface area (Å²) >= 11 is 0. The smallest absolute Gasteiger partial charge is 0.305 e. The van der Waals surface area contributed by atoms with Crippen molar-refractivity contribution in [2.24, 2.45) is 11.7 Å². The maximum Gasteiger partial charge on any atom is 0.305 e. The molecule has 1 fully saturated rings. The third-order valence-corrected chi connectivity index (χ3v) is 5.33. The van der Waals surface area contributed by atoms with E-state index in [0.29, 0.717) is 6.42 Å². The van der Waals surface area contributed by atoms with Gasteiger partial charge in [-0.15, -0.1) is 0 Å². The lowest BCUT2D eigenvalue weighted by molar-refractivity contribution is -0.140. The summed E-state index contributed by atoms with van der Waals surface area (Å²) in [6.45, 7) is 0. The zero-order valence-electron chi connectivity index (χ0n) is 15.1. The van der Waals surface area contributed by atoms with Crippen molar-refractivity contribution in [2.75, 3.05) is 7.11 Å². The summed E-state index contributed by atoms with van der Waals surface area (Å²) in [7, 11) is 1.44. The second-order valence-electron chi connectivity index (χ2n) is 7.21. The Morgan fingerprint density at radius 1 is 1.17 bits per heavy atom. The molecule has 1 saturated carbocycles. The minimum atomic E-state index is -0.133. The molecule has 3 heteroatoms. The average Bonchev–Trinajstić information content (AvgIpc) is 2.63. The molecular weight excluding hydrogens is 298 g/mol. The fourth-order valence-corrected chi connectivity index (χ4v) is 3.74. The molecule has 2 N–H and O–H groups in total. The lowest BCUT2D eigenvalue weighted by Gasteiger charge is -2.22. The van der Waals surface area contributed by atoms with Crippen LogP contribution in [-0.2, 0) is 16.0 Å². The van der Waals surface area contributed by atoms with Crippen molar-refractivity contribution >= 4 is 5.97 Å². The van der Waals surface area contributed by atoms with E-state index >= 15 is 0 Å². The SMILES string of the molecule is COC(=O)CCCc1ccc(C(N)CCCC2CCCCC2)cc1. The number of benzene rings is 1. The molecule has 0 amide bonds. The topological polar surface area (TPSA) is 52.3 Å². The number of hydrogen-bond donors (Lipinski definition) is 1. The lowest BCUT2D eigenvalue weighted by Crippen LogP contribution is -2.12. The number of ether oxygens (including phenoxy) is 1. The molecule has 3 nitrogen and oxygen atoms in total. The van der Waals surface area contributed by atoms with Gasteiger partial charge in [0, 0.05) is 12.5 Å². The van der Waals surface area contributed by atoms with E-state index in [0.717, 1.165) is 25.2 Å². The highest BCUT2D eigenvalue weighted by Crippen LogP contribution is 2.29. The van der Waals surface area contributed by atoms with Crippen molar-refractivity contribution in [3.63, 3.8) is 0 Å². The number of carbonyl (C=O) groups is 1. The Bertz CT molecular complexity index is 477. The highest BCUT2D eigenvalue weighted by atomic mass is 16.5. The largest absolute Gasteiger partial charge is 0.469 e. The van der Waals surface area contributed by atoms with Crippen molar-refractivity contribution in [2.45, 2.75) is 76.7 Å². The maximum absolute atomic E-state index is 11.1. The van der Waals surface area contributed by atoms with Crippen LogP contribution >= 0.6 is 0 Å². The van der Waals surface area contributed by atoms with Crippen LogP contribution in [0.2, 0.25) is 0 Å². The van der Waals surface area contributed by atoms with Gasteiger partial charge in [-0.1, -0.05) is 69.2 Å². The van der Waals surface area contributed by atoms with Gasteiger partial charge in [0.1, 0.15) is 0 Å². The second kappa shape index (κ2) is 10.5. The van der Waals surface area contributed by atoms with E-state index in [2.05, 4.69) is 29.0 Å². The fraction of sp³-hybridized carbons (Fsp3) is 0.667. The molecule has 1 aliphatic carbocycles. The van der Waals surface area contributed by atoms with Crippen LogP contribution in [0.5, 0.6) is 0 Å². The Balaban J connectivity index is 1.68. The van der Waals surface area contributed by atoms with Gasteiger partial charge in [-0.2, -0.15) is 0 Å². The first-order valence-corrected chi connectivity index (χ1v) is 9.60. The number of esters is 1. The predicted octanol–water partition coefficient (Wildman–Crippen LogP) is 4.93. The first-order valence-electron chi connectivity index (χ1n) is 9.60. The monoisotopic (exact) mass is 331 g/mol. The standard InChI is InChI=1S/C21H33NO2/c1-24-21(23)12-6-10-18-13-15-19(16-14-18)20(22)11-5-9-17-7-3-2-4-8-17/h13-17,20H,2-12,22H2,1H3. The number of carbonyl (C=O) groups excluding carboxylic acids is 1. The van der Waals surface area contributed by atoms with Crippen molar-refractivity contribution in [1.29, 1.82) is 0 Å². The molecule has 0 spiro atoms. The summed E-state index contributed by atoms with van der Waals surface area (Å²) < 4.78 is 4.66. The van der Waals surface area contributed by atoms with Gasteiger partial charge in [0.25, 0.3) is 0 Å². The molecule has 0 aromatic heterocycles. The number of aryl methyl sites for hydroxylation is 1. The van der Waals surface area contributed by atoms with Gasteiger partial charge in [-0.25, -0.2) is 0 Å². The fourth-order valence-electron chi connectivity index (χ4n) is 3.74. The summed E-state index contributed by atoms with van der Waals surface area (Å²) in [4.78, 5) is 11.1. The Morgan fingerprint density at radius 2 is 1.88 bits per heavy atom. The zero-order valence-corrected chi connectivity index (χ0v) is 15.1. The molecule has 1 aromatic rings. The summed E-state index contributed by atoms with van der Waals surface area (Å²) in [6.07, 6.45) is 13.0. The third-order valence-electron chi connectivity index (χ3n) is 5.33. The summed E-state index contributed by atoms with van der Waals surface area (Å²) in [5, 5.41) is 0. The summed E-state index contributed by atoms with van der Waals surface area (Å²) in [6, 6.07) is 8.75. The Morgan fingerprint density at radius 3 is 2.54 bits per heavy atom. The van der Waals surface area contributed by atoms with Gasteiger partial charge < -0.3 is 10.5 Å². The Hall–Kier alpha value is -1.35. The normalized spacial score (nSPS) is 16.8. The molecule has 0 saturated heterocycles. The lowest BCUT2D eigenvalue weighted by atomic mass is 9.85. The minimum Gasteiger partial charge on any atom is -0.469 e. The quantitative estimate of drug-likeness (QED) is 0.653. The van der Waals surface area contributed by atoms with Crippen molar-refractivity contribution in [3.8, 4) is 0 Å². The van der Waals surface area contributed by atoms with Crippen LogP contribution in [0.3, 0.4) is 0 Å². The molecule has 1 aliphatic rings. The highest BCUT2D eigenvalue weighted by molar-refractivity contribution is 5.69. The molecule has 134 valence electrons. The van der Waals surface area contributed by atoms with Gasteiger partial charge >= 0.3 is 5.97 Å². The maximum atomic E-state index is 11.1. The molecule has 1 aromatic carbocycles. The highest BCUT2D eigenvalue weighted by Gasteiger charge is 2.14. The average molecular weight is 332 g/mol. The third kappa shape index (κ3) is 6.64. The first-order chi connectivity index (χ1) is 11.7. The molecule has 1 unspecified atom stereocenters. The van der Waals surface area contributed by atoms with Gasteiger partial charge in [-0.3, -0.25) is 4.79 Å². The molecule has 24 heavy (non-hydrogen) atoms. The Labute approximate surface area is 147 Å². The summed E-state index contributed by atoms with van der Waals surface area (Å²) in [5.74, 6) is 0.815.